The van der Waals surface area contributed by atoms with Crippen LogP contribution in [0.1, 0.15) is 5.69 Å². The molecule has 3 aromatic rings. The lowest BCUT2D eigenvalue weighted by molar-refractivity contribution is 0.122. The molecule has 6 nitrogen and oxygen atoms in total. The first-order valence-electron chi connectivity index (χ1n) is 10.0. The molecule has 0 amide bonds. The summed E-state index contributed by atoms with van der Waals surface area (Å²) in [5.41, 5.74) is 4.06. The molecule has 1 saturated heterocycles. The quantitative estimate of drug-likeness (QED) is 0.663. The largest absolute Gasteiger partial charge is 0.378 e. The Morgan fingerprint density at radius 2 is 1.93 bits per heavy atom. The first kappa shape index (κ1) is 18.7. The molecule has 152 valence electrons. The fourth-order valence-electron chi connectivity index (χ4n) is 3.94. The van der Waals surface area contributed by atoms with E-state index in [0.29, 0.717) is 25.4 Å². The monoisotopic (exact) mass is 403 g/mol. The number of fused-ring (bicyclic) bond motifs is 1. The fourth-order valence-corrected chi connectivity index (χ4v) is 3.94. The van der Waals surface area contributed by atoms with Crippen molar-refractivity contribution in [2.75, 3.05) is 49.7 Å². The van der Waals surface area contributed by atoms with Crippen molar-refractivity contribution in [3.05, 3.63) is 60.2 Å². The molecule has 0 N–H and O–H groups in total. The Balaban J connectivity index is 1.72. The number of allylic oxidation sites excluding steroid dienone is 1. The average molecular weight is 403 g/mol. The number of rotatable bonds is 4. The first-order valence-corrected chi connectivity index (χ1v) is 10.0. The van der Waals surface area contributed by atoms with Crippen LogP contribution in [-0.2, 0) is 4.74 Å². The van der Waals surface area contributed by atoms with E-state index in [-0.39, 0.29) is 5.82 Å². The van der Waals surface area contributed by atoms with Crippen molar-refractivity contribution in [2.24, 2.45) is 4.99 Å². The summed E-state index contributed by atoms with van der Waals surface area (Å²) in [6.45, 7) is 3.45. The Kier molecular flexibility index (Phi) is 4.88. The highest BCUT2D eigenvalue weighted by molar-refractivity contribution is 6.02. The minimum absolute atomic E-state index is 0.265. The van der Waals surface area contributed by atoms with Gasteiger partial charge in [0.2, 0.25) is 0 Å². The van der Waals surface area contributed by atoms with Crippen molar-refractivity contribution < 1.29 is 9.13 Å². The molecule has 0 radical (unpaired) electrons. The highest BCUT2D eigenvalue weighted by atomic mass is 19.1. The van der Waals surface area contributed by atoms with Crippen LogP contribution in [0.2, 0.25) is 0 Å². The second kappa shape index (κ2) is 7.84. The normalized spacial score (nSPS) is 16.2. The topological polar surface area (TPSA) is 53.9 Å². The molecule has 0 aliphatic carbocycles. The molecular weight excluding hydrogens is 381 g/mol. The standard InChI is InChI=1S/C23H22FN5O/c1-28(19-5-3-2-4-18(19)24)20-14-21(29-10-12-30-13-11-29)27-23-17(20)7-9-26-22(23)16-6-8-25-15-16/h2-9,14H,10-13,15H2,1H3. The highest BCUT2D eigenvalue weighted by Crippen LogP contribution is 2.37. The summed E-state index contributed by atoms with van der Waals surface area (Å²) in [4.78, 5) is 18.0. The van der Waals surface area contributed by atoms with E-state index < -0.39 is 0 Å². The lowest BCUT2D eigenvalue weighted by atomic mass is 10.1. The smallest absolute Gasteiger partial charge is 0.146 e. The summed E-state index contributed by atoms with van der Waals surface area (Å²) in [5, 5.41) is 0.926. The van der Waals surface area contributed by atoms with Crippen LogP contribution < -0.4 is 9.80 Å². The molecule has 0 unspecified atom stereocenters. The van der Waals surface area contributed by atoms with Gasteiger partial charge in [-0.25, -0.2) is 9.37 Å². The van der Waals surface area contributed by atoms with Gasteiger partial charge >= 0.3 is 0 Å². The van der Waals surface area contributed by atoms with Crippen LogP contribution in [0, 0.1) is 5.82 Å². The van der Waals surface area contributed by atoms with Crippen LogP contribution >= 0.6 is 0 Å². The highest BCUT2D eigenvalue weighted by Gasteiger charge is 2.21. The van der Waals surface area contributed by atoms with E-state index in [4.69, 9.17) is 9.72 Å². The van der Waals surface area contributed by atoms with Crippen LogP contribution in [0.25, 0.3) is 16.5 Å². The number of pyridine rings is 2. The van der Waals surface area contributed by atoms with Gasteiger partial charge in [-0.15, -0.1) is 0 Å². The fraction of sp³-hybridized carbons (Fsp3) is 0.261. The molecule has 4 heterocycles. The van der Waals surface area contributed by atoms with Crippen LogP contribution in [0.5, 0.6) is 0 Å². The third-order valence-corrected chi connectivity index (χ3v) is 5.55. The summed E-state index contributed by atoms with van der Waals surface area (Å²) in [5.74, 6) is 0.580. The van der Waals surface area contributed by atoms with Gasteiger partial charge in [0.15, 0.2) is 0 Å². The molecule has 0 atom stereocenters. The second-order valence-corrected chi connectivity index (χ2v) is 7.35. The minimum Gasteiger partial charge on any atom is -0.378 e. The van der Waals surface area contributed by atoms with E-state index in [1.165, 1.54) is 6.07 Å². The Morgan fingerprint density at radius 1 is 1.10 bits per heavy atom. The van der Waals surface area contributed by atoms with Crippen molar-refractivity contribution in [3.63, 3.8) is 0 Å². The molecule has 7 heteroatoms. The number of halogens is 1. The van der Waals surface area contributed by atoms with Crippen LogP contribution in [0.15, 0.2) is 53.7 Å². The molecular formula is C23H22FN5O. The van der Waals surface area contributed by atoms with Gasteiger partial charge < -0.3 is 14.5 Å². The third-order valence-electron chi connectivity index (χ3n) is 5.55. The van der Waals surface area contributed by atoms with Gasteiger partial charge in [0.05, 0.1) is 36.8 Å². The molecule has 0 bridgehead atoms. The zero-order valence-corrected chi connectivity index (χ0v) is 16.8. The lowest BCUT2D eigenvalue weighted by Crippen LogP contribution is -2.36. The number of ether oxygens (including phenoxy) is 1. The van der Waals surface area contributed by atoms with E-state index in [2.05, 4.69) is 14.9 Å². The van der Waals surface area contributed by atoms with E-state index in [9.17, 15) is 4.39 Å². The van der Waals surface area contributed by atoms with Crippen molar-refractivity contribution >= 4 is 39.9 Å². The maximum atomic E-state index is 14.6. The van der Waals surface area contributed by atoms with Gasteiger partial charge in [0.1, 0.15) is 17.2 Å². The molecule has 1 fully saturated rings. The van der Waals surface area contributed by atoms with Gasteiger partial charge in [0, 0.05) is 49.6 Å². The lowest BCUT2D eigenvalue weighted by Gasteiger charge is -2.30. The maximum Gasteiger partial charge on any atom is 0.146 e. The summed E-state index contributed by atoms with van der Waals surface area (Å²) < 4.78 is 20.1. The van der Waals surface area contributed by atoms with Crippen LogP contribution in [-0.4, -0.2) is 56.1 Å². The number of hydrogen-bond donors (Lipinski definition) is 0. The predicted octanol–water partition coefficient (Wildman–Crippen LogP) is 3.84. The number of morpholine rings is 1. The number of nitrogens with zero attached hydrogens (tertiary/aromatic N) is 5. The summed E-state index contributed by atoms with van der Waals surface area (Å²) in [6.07, 6.45) is 5.56. The molecule has 2 aliphatic rings. The first-order chi connectivity index (χ1) is 14.7. The SMILES string of the molecule is CN(c1ccccc1F)c1cc(N2CCOCC2)nc2c(C3=CC=NC3)nccc12. The Morgan fingerprint density at radius 3 is 2.70 bits per heavy atom. The Bertz CT molecular complexity index is 1150. The van der Waals surface area contributed by atoms with Crippen molar-refractivity contribution in [3.8, 4) is 0 Å². The van der Waals surface area contributed by atoms with Gasteiger partial charge in [-0.2, -0.15) is 0 Å². The van der Waals surface area contributed by atoms with E-state index in [1.807, 2.05) is 36.2 Å². The molecule has 1 aromatic carbocycles. The van der Waals surface area contributed by atoms with Crippen molar-refractivity contribution in [1.82, 2.24) is 9.97 Å². The molecule has 30 heavy (non-hydrogen) atoms. The molecule has 0 saturated carbocycles. The van der Waals surface area contributed by atoms with Gasteiger partial charge in [-0.3, -0.25) is 9.98 Å². The van der Waals surface area contributed by atoms with Crippen LogP contribution in [0.3, 0.4) is 0 Å². The van der Waals surface area contributed by atoms with Gasteiger partial charge in [0.25, 0.3) is 0 Å². The number of aromatic nitrogens is 2. The van der Waals surface area contributed by atoms with E-state index >= 15 is 0 Å². The number of anilines is 3. The zero-order chi connectivity index (χ0) is 20.5. The summed E-state index contributed by atoms with van der Waals surface area (Å²) in [7, 11) is 1.88. The van der Waals surface area contributed by atoms with E-state index in [1.54, 1.807) is 24.5 Å². The summed E-state index contributed by atoms with van der Waals surface area (Å²) >= 11 is 0. The Hall–Kier alpha value is -3.32. The van der Waals surface area contributed by atoms with Crippen molar-refractivity contribution in [1.29, 1.82) is 0 Å². The average Bonchev–Trinajstić information content (AvgIpc) is 3.33. The number of benzene rings is 1. The van der Waals surface area contributed by atoms with Crippen molar-refractivity contribution in [2.45, 2.75) is 0 Å². The molecule has 2 aliphatic heterocycles. The number of para-hydroxylation sites is 1. The van der Waals surface area contributed by atoms with E-state index in [0.717, 1.165) is 46.8 Å². The number of aliphatic imine (C=N–C) groups is 1. The minimum atomic E-state index is -0.265. The van der Waals surface area contributed by atoms with Gasteiger partial charge in [-0.05, 0) is 24.3 Å². The molecule has 0 spiro atoms. The second-order valence-electron chi connectivity index (χ2n) is 7.35. The maximum absolute atomic E-state index is 14.6. The zero-order valence-electron chi connectivity index (χ0n) is 16.8. The number of hydrogen-bond acceptors (Lipinski definition) is 6. The Labute approximate surface area is 174 Å². The summed E-state index contributed by atoms with van der Waals surface area (Å²) in [6, 6.07) is 10.8. The van der Waals surface area contributed by atoms with Gasteiger partial charge in [-0.1, -0.05) is 12.1 Å². The van der Waals surface area contributed by atoms with Crippen LogP contribution in [0.4, 0.5) is 21.6 Å². The third kappa shape index (κ3) is 3.31. The molecule has 5 rings (SSSR count). The predicted molar refractivity (Wildman–Crippen MR) is 118 cm³/mol. The molecule has 2 aromatic heterocycles.